The Morgan fingerprint density at radius 2 is 1.97 bits per heavy atom. The lowest BCUT2D eigenvalue weighted by molar-refractivity contribution is -0.135. The first kappa shape index (κ1) is 25.4. The van der Waals surface area contributed by atoms with Gasteiger partial charge in [0.2, 0.25) is 5.91 Å². The Balaban J connectivity index is 1.56. The van der Waals surface area contributed by atoms with Gasteiger partial charge in [-0.05, 0) is 30.7 Å². The summed E-state index contributed by atoms with van der Waals surface area (Å²) in [6.45, 7) is 5.87. The van der Waals surface area contributed by atoms with Crippen LogP contribution >= 0.6 is 0 Å². The SMILES string of the molecule is CC(C)CN=CC(=CN)c1cc(=O)n(CC2(O)CCN(C(=O)CCc3ccccc3)CC2)cn1. The molecule has 1 aromatic heterocycles. The van der Waals surface area contributed by atoms with E-state index in [-0.39, 0.29) is 18.0 Å². The predicted octanol–water partition coefficient (Wildman–Crippen LogP) is 2.26. The Labute approximate surface area is 200 Å². The minimum Gasteiger partial charge on any atom is -0.404 e. The Bertz CT molecular complexity index is 1070. The smallest absolute Gasteiger partial charge is 0.253 e. The lowest BCUT2D eigenvalue weighted by Crippen LogP contribution is -2.49. The number of likely N-dealkylation sites (tertiary alicyclic amines) is 1. The van der Waals surface area contributed by atoms with Crippen LogP contribution in [0, 0.1) is 5.92 Å². The molecule has 3 rings (SSSR count). The molecule has 182 valence electrons. The number of amides is 1. The van der Waals surface area contributed by atoms with Crippen molar-refractivity contribution in [2.75, 3.05) is 19.6 Å². The first-order valence-electron chi connectivity index (χ1n) is 11.8. The van der Waals surface area contributed by atoms with Gasteiger partial charge >= 0.3 is 0 Å². The second-order valence-electron chi connectivity index (χ2n) is 9.34. The first-order valence-corrected chi connectivity index (χ1v) is 11.8. The van der Waals surface area contributed by atoms with E-state index in [0.29, 0.717) is 62.5 Å². The fourth-order valence-corrected chi connectivity index (χ4v) is 3.96. The number of aliphatic imine (C=N–C) groups is 1. The van der Waals surface area contributed by atoms with Crippen molar-refractivity contribution in [3.8, 4) is 0 Å². The molecule has 1 aromatic carbocycles. The number of rotatable bonds is 9. The Kier molecular flexibility index (Phi) is 8.76. The maximum atomic E-state index is 12.7. The van der Waals surface area contributed by atoms with Crippen LogP contribution in [0.1, 0.15) is 44.4 Å². The highest BCUT2D eigenvalue weighted by Crippen LogP contribution is 2.24. The third-order valence-corrected chi connectivity index (χ3v) is 6.04. The molecule has 2 aromatic rings. The summed E-state index contributed by atoms with van der Waals surface area (Å²) >= 11 is 0. The Morgan fingerprint density at radius 3 is 2.59 bits per heavy atom. The highest BCUT2D eigenvalue weighted by Gasteiger charge is 2.34. The third kappa shape index (κ3) is 7.12. The van der Waals surface area contributed by atoms with Crippen molar-refractivity contribution in [3.63, 3.8) is 0 Å². The van der Waals surface area contributed by atoms with E-state index in [0.717, 1.165) is 5.56 Å². The summed E-state index contributed by atoms with van der Waals surface area (Å²) in [6, 6.07) is 11.3. The van der Waals surface area contributed by atoms with Crippen molar-refractivity contribution in [2.45, 2.75) is 51.7 Å². The molecular formula is C26H35N5O3. The molecular weight excluding hydrogens is 430 g/mol. The zero-order valence-corrected chi connectivity index (χ0v) is 20.1. The fourth-order valence-electron chi connectivity index (χ4n) is 3.96. The van der Waals surface area contributed by atoms with Gasteiger partial charge in [0.25, 0.3) is 5.56 Å². The number of hydrogen-bond acceptors (Lipinski definition) is 6. The van der Waals surface area contributed by atoms with Gasteiger partial charge in [0.1, 0.15) is 0 Å². The Hall–Kier alpha value is -3.26. The summed E-state index contributed by atoms with van der Waals surface area (Å²) in [7, 11) is 0. The molecule has 8 heteroatoms. The van der Waals surface area contributed by atoms with Crippen LogP contribution in [0.3, 0.4) is 0 Å². The topological polar surface area (TPSA) is 114 Å². The van der Waals surface area contributed by atoms with Crippen LogP contribution in [0.5, 0.6) is 0 Å². The maximum Gasteiger partial charge on any atom is 0.253 e. The number of aromatic nitrogens is 2. The minimum absolute atomic E-state index is 0.0920. The molecule has 0 radical (unpaired) electrons. The van der Waals surface area contributed by atoms with E-state index in [9.17, 15) is 14.7 Å². The molecule has 34 heavy (non-hydrogen) atoms. The van der Waals surface area contributed by atoms with Crippen molar-refractivity contribution < 1.29 is 9.90 Å². The van der Waals surface area contributed by atoms with Crippen molar-refractivity contribution in [1.29, 1.82) is 0 Å². The van der Waals surface area contributed by atoms with Gasteiger partial charge in [-0.15, -0.1) is 0 Å². The minimum atomic E-state index is -1.06. The first-order chi connectivity index (χ1) is 16.3. The van der Waals surface area contributed by atoms with E-state index < -0.39 is 5.60 Å². The van der Waals surface area contributed by atoms with Crippen molar-refractivity contribution in [2.24, 2.45) is 16.6 Å². The second-order valence-corrected chi connectivity index (χ2v) is 9.34. The number of hydrogen-bond donors (Lipinski definition) is 2. The van der Waals surface area contributed by atoms with Crippen LogP contribution in [-0.2, 0) is 17.8 Å². The number of allylic oxidation sites excluding steroid dienone is 1. The van der Waals surface area contributed by atoms with Gasteiger partial charge in [-0.1, -0.05) is 44.2 Å². The molecule has 1 amide bonds. The molecule has 0 bridgehead atoms. The molecule has 0 aliphatic carbocycles. The zero-order chi connectivity index (χ0) is 24.6. The highest BCUT2D eigenvalue weighted by molar-refractivity contribution is 6.08. The van der Waals surface area contributed by atoms with E-state index in [4.69, 9.17) is 5.73 Å². The van der Waals surface area contributed by atoms with Gasteiger partial charge in [0.15, 0.2) is 0 Å². The molecule has 3 N–H and O–H groups in total. The third-order valence-electron chi connectivity index (χ3n) is 6.04. The van der Waals surface area contributed by atoms with Crippen LogP contribution in [0.25, 0.3) is 5.57 Å². The van der Waals surface area contributed by atoms with Crippen molar-refractivity contribution >= 4 is 17.7 Å². The molecule has 1 aliphatic rings. The predicted molar refractivity (Wildman–Crippen MR) is 134 cm³/mol. The Morgan fingerprint density at radius 1 is 1.26 bits per heavy atom. The molecule has 0 spiro atoms. The summed E-state index contributed by atoms with van der Waals surface area (Å²) in [5.41, 5.74) is 6.53. The summed E-state index contributed by atoms with van der Waals surface area (Å²) in [6.07, 6.45) is 6.42. The standard InChI is InChI=1S/C26H35N5O3/c1-20(2)16-28-17-22(15-27)23-14-25(33)31(19-29-23)18-26(34)10-12-30(13-11-26)24(32)9-8-21-6-4-3-5-7-21/h3-7,14-15,17,19-20,34H,8-13,16,18,27H2,1-2H3. The quantitative estimate of drug-likeness (QED) is 0.552. The number of carbonyl (C=O) groups excluding carboxylic acids is 1. The highest BCUT2D eigenvalue weighted by atomic mass is 16.3. The van der Waals surface area contributed by atoms with Crippen molar-refractivity contribution in [3.05, 3.63) is 70.5 Å². The van der Waals surface area contributed by atoms with Gasteiger partial charge in [0, 0.05) is 50.1 Å². The van der Waals surface area contributed by atoms with Gasteiger partial charge in [-0.2, -0.15) is 0 Å². The van der Waals surface area contributed by atoms with E-state index in [1.807, 2.05) is 30.3 Å². The van der Waals surface area contributed by atoms with E-state index >= 15 is 0 Å². The summed E-state index contributed by atoms with van der Waals surface area (Å²) in [5.74, 6) is 0.511. The lowest BCUT2D eigenvalue weighted by Gasteiger charge is -2.38. The van der Waals surface area contributed by atoms with E-state index in [1.54, 1.807) is 11.1 Å². The average Bonchev–Trinajstić information content (AvgIpc) is 2.82. The van der Waals surface area contributed by atoms with E-state index in [2.05, 4.69) is 23.8 Å². The molecule has 8 nitrogen and oxygen atoms in total. The van der Waals surface area contributed by atoms with Crippen LogP contribution < -0.4 is 11.3 Å². The summed E-state index contributed by atoms with van der Waals surface area (Å²) < 4.78 is 1.41. The summed E-state index contributed by atoms with van der Waals surface area (Å²) in [5, 5.41) is 11.1. The number of nitrogens with two attached hydrogens (primary N) is 1. The van der Waals surface area contributed by atoms with Gasteiger partial charge < -0.3 is 15.7 Å². The number of nitrogens with zero attached hydrogens (tertiary/aromatic N) is 4. The molecule has 0 saturated carbocycles. The molecule has 0 unspecified atom stereocenters. The number of piperidine rings is 1. The largest absolute Gasteiger partial charge is 0.404 e. The van der Waals surface area contributed by atoms with Gasteiger partial charge in [-0.25, -0.2) is 4.98 Å². The number of aliphatic hydroxyl groups is 1. The average molecular weight is 466 g/mol. The van der Waals surface area contributed by atoms with Crippen LogP contribution in [0.4, 0.5) is 0 Å². The maximum absolute atomic E-state index is 12.7. The number of benzene rings is 1. The lowest BCUT2D eigenvalue weighted by atomic mass is 9.91. The van der Waals surface area contributed by atoms with Crippen molar-refractivity contribution in [1.82, 2.24) is 14.5 Å². The molecule has 1 fully saturated rings. The second kappa shape index (κ2) is 11.7. The summed E-state index contributed by atoms with van der Waals surface area (Å²) in [4.78, 5) is 35.8. The number of carbonyl (C=O) groups is 1. The van der Waals surface area contributed by atoms with Gasteiger partial charge in [-0.3, -0.25) is 19.1 Å². The zero-order valence-electron chi connectivity index (χ0n) is 20.1. The van der Waals surface area contributed by atoms with Crippen LogP contribution in [0.15, 0.2) is 58.7 Å². The molecule has 2 heterocycles. The molecule has 1 aliphatic heterocycles. The monoisotopic (exact) mass is 465 g/mol. The van der Waals surface area contributed by atoms with Crippen LogP contribution in [0.2, 0.25) is 0 Å². The van der Waals surface area contributed by atoms with E-state index in [1.165, 1.54) is 23.2 Å². The normalized spacial score (nSPS) is 16.4. The van der Waals surface area contributed by atoms with Crippen LogP contribution in [-0.4, -0.2) is 56.9 Å². The van der Waals surface area contributed by atoms with Gasteiger partial charge in [0.05, 0.1) is 24.2 Å². The number of aryl methyl sites for hydroxylation is 1. The fraction of sp³-hybridized carbons (Fsp3) is 0.462. The molecule has 1 saturated heterocycles. The molecule has 0 atom stereocenters.